The smallest absolute Gasteiger partial charge is 0.0582 e. The Balaban J connectivity index is 0.00000285. The van der Waals surface area contributed by atoms with E-state index in [1.807, 2.05) is 37.3 Å². The Morgan fingerprint density at radius 1 is 0.632 bits per heavy atom. The molecular formula is C64H58N4. The fourth-order valence-corrected chi connectivity index (χ4v) is 10.1. The number of benzene rings is 7. The summed E-state index contributed by atoms with van der Waals surface area (Å²) >= 11 is 0. The predicted molar refractivity (Wildman–Crippen MR) is 295 cm³/mol. The molecule has 4 nitrogen and oxygen atoms in total. The van der Waals surface area contributed by atoms with E-state index >= 15 is 0 Å². The third-order valence-corrected chi connectivity index (χ3v) is 13.8. The number of nitrogens with one attached hydrogen (secondary N) is 1. The van der Waals surface area contributed by atoms with Crippen molar-refractivity contribution in [3.05, 3.63) is 252 Å². The van der Waals surface area contributed by atoms with Gasteiger partial charge >= 0.3 is 0 Å². The molecule has 68 heavy (non-hydrogen) atoms. The lowest BCUT2D eigenvalue weighted by atomic mass is 9.72. The molecule has 7 aromatic carbocycles. The zero-order valence-electron chi connectivity index (χ0n) is 39.5. The first-order valence-electron chi connectivity index (χ1n) is 23.5. The van der Waals surface area contributed by atoms with E-state index in [0.717, 1.165) is 40.0 Å². The maximum Gasteiger partial charge on any atom is 0.0582 e. The van der Waals surface area contributed by atoms with Crippen molar-refractivity contribution in [2.45, 2.75) is 46.0 Å². The number of allylic oxidation sites excluding steroid dienone is 11. The van der Waals surface area contributed by atoms with Gasteiger partial charge in [0.1, 0.15) is 0 Å². The number of para-hydroxylation sites is 2. The van der Waals surface area contributed by atoms with Gasteiger partial charge in [-0.1, -0.05) is 161 Å². The molecule has 2 heterocycles. The van der Waals surface area contributed by atoms with Gasteiger partial charge in [0, 0.05) is 38.6 Å². The van der Waals surface area contributed by atoms with Crippen LogP contribution in [0.4, 0.5) is 0 Å². The van der Waals surface area contributed by atoms with Crippen molar-refractivity contribution in [1.29, 1.82) is 5.41 Å². The third-order valence-electron chi connectivity index (χ3n) is 13.8. The highest BCUT2D eigenvalue weighted by atomic mass is 15.0. The topological polar surface area (TPSA) is 59.7 Å². The summed E-state index contributed by atoms with van der Waals surface area (Å²) in [7, 11) is 0. The molecule has 0 spiro atoms. The Kier molecular flexibility index (Phi) is 12.8. The van der Waals surface area contributed by atoms with Crippen LogP contribution in [0.3, 0.4) is 0 Å². The van der Waals surface area contributed by atoms with Crippen LogP contribution < -0.4 is 5.73 Å². The van der Waals surface area contributed by atoms with Gasteiger partial charge in [-0.2, -0.15) is 0 Å². The van der Waals surface area contributed by atoms with E-state index in [2.05, 4.69) is 220 Å². The molecule has 1 aliphatic carbocycles. The van der Waals surface area contributed by atoms with Crippen molar-refractivity contribution >= 4 is 61.6 Å². The van der Waals surface area contributed by atoms with Crippen molar-refractivity contribution in [2.75, 3.05) is 0 Å². The first kappa shape index (κ1) is 45.0. The van der Waals surface area contributed by atoms with Crippen LogP contribution in [-0.4, -0.2) is 15.9 Å². The summed E-state index contributed by atoms with van der Waals surface area (Å²) in [6.45, 7) is 19.8. The minimum atomic E-state index is 0.250. The average Bonchev–Trinajstić information content (AvgIpc) is 3.89. The summed E-state index contributed by atoms with van der Waals surface area (Å²) < 4.78 is 4.94. The van der Waals surface area contributed by atoms with Gasteiger partial charge in [0.05, 0.1) is 22.1 Å². The van der Waals surface area contributed by atoms with E-state index in [1.165, 1.54) is 82.7 Å². The molecule has 9 aromatic rings. The van der Waals surface area contributed by atoms with Gasteiger partial charge in [0.2, 0.25) is 0 Å². The quantitative estimate of drug-likeness (QED) is 0.0987. The van der Waals surface area contributed by atoms with Gasteiger partial charge in [-0.05, 0) is 161 Å². The lowest BCUT2D eigenvalue weighted by molar-refractivity contribution is 0.619. The summed E-state index contributed by atoms with van der Waals surface area (Å²) in [4.78, 5) is 0. The Morgan fingerprint density at radius 2 is 1.26 bits per heavy atom. The van der Waals surface area contributed by atoms with Gasteiger partial charge in [-0.3, -0.25) is 0 Å². The second kappa shape index (κ2) is 19.3. The van der Waals surface area contributed by atoms with Crippen LogP contribution >= 0.6 is 0 Å². The molecule has 1 aliphatic rings. The molecule has 0 saturated carbocycles. The summed E-state index contributed by atoms with van der Waals surface area (Å²) in [5.74, 6) is 0.509. The highest BCUT2D eigenvalue weighted by Gasteiger charge is 2.33. The minimum absolute atomic E-state index is 0.250. The van der Waals surface area contributed by atoms with E-state index in [4.69, 9.17) is 11.1 Å². The highest BCUT2D eigenvalue weighted by Crippen LogP contribution is 2.52. The molecule has 2 atom stereocenters. The Morgan fingerprint density at radius 3 is 1.96 bits per heavy atom. The molecule has 0 saturated heterocycles. The van der Waals surface area contributed by atoms with E-state index in [1.54, 1.807) is 0 Å². The molecule has 0 bridgehead atoms. The molecule has 0 amide bonds. The second-order valence-corrected chi connectivity index (χ2v) is 17.7. The van der Waals surface area contributed by atoms with Crippen molar-refractivity contribution < 1.29 is 0 Å². The SMILES string of the molecule is C=C/C(=C\C=C/C)C(=C)/C=C\Cc1ccc2c(c1)c1ccc3c(c1n2-c1ccccc1)C(C)C(C)c1cc2c4cc(/C(N)=C/C=C(\C)c5ccccc5)ccc4n(-c4ccccc4)c2cc1-3.C=N. The zero-order valence-corrected chi connectivity index (χ0v) is 39.5. The normalized spacial score (nSPS) is 15.3. The van der Waals surface area contributed by atoms with Gasteiger partial charge in [-0.25, -0.2) is 0 Å². The Labute approximate surface area is 400 Å². The number of nitrogens with two attached hydrogens (primary N) is 1. The largest absolute Gasteiger partial charge is 0.398 e. The summed E-state index contributed by atoms with van der Waals surface area (Å²) in [5, 5.41) is 10.5. The molecule has 2 aromatic heterocycles. The number of hydrogen-bond acceptors (Lipinski definition) is 2. The summed E-state index contributed by atoms with van der Waals surface area (Å²) in [6.07, 6.45) is 17.2. The molecule has 10 rings (SSSR count). The van der Waals surface area contributed by atoms with Gasteiger partial charge in [0.15, 0.2) is 0 Å². The molecule has 0 aliphatic heterocycles. The van der Waals surface area contributed by atoms with Crippen LogP contribution in [0.5, 0.6) is 0 Å². The van der Waals surface area contributed by atoms with Crippen molar-refractivity contribution in [3.8, 4) is 22.5 Å². The number of rotatable bonds is 11. The molecule has 0 fully saturated rings. The lowest BCUT2D eigenvalue weighted by Crippen LogP contribution is -2.15. The lowest BCUT2D eigenvalue weighted by Gasteiger charge is -2.33. The minimum Gasteiger partial charge on any atom is -0.398 e. The average molecular weight is 883 g/mol. The summed E-state index contributed by atoms with van der Waals surface area (Å²) in [5.41, 5.74) is 26.7. The standard InChI is InChI=1S/C63H55N3.CH3N/c1-7-9-22-46(8-2)41(3)20-19-21-45-30-35-60-55(37-45)52-33-32-51-54-40-61-57(39-53(54)43(5)44(6)62(51)63(52)66(60)50-27-17-12-18-28-50)56-38-48(31-36-59(56)65(61)49-25-15-11-16-26-49)58(64)34-29-42(4)47-23-13-10-14-24-47;1-2/h7-20,22-40,43-44H,2-3,21,64H2,1,4-6H3;2H,1H2/b9-7-,20-19-,42-29+,46-22+,58-34-;. The first-order valence-corrected chi connectivity index (χ1v) is 23.5. The van der Waals surface area contributed by atoms with E-state index in [9.17, 15) is 0 Å². The molecule has 4 heteroatoms. The molecular weight excluding hydrogens is 825 g/mol. The number of aromatic nitrogens is 2. The third kappa shape index (κ3) is 8.09. The van der Waals surface area contributed by atoms with E-state index in [0.29, 0.717) is 0 Å². The fourth-order valence-electron chi connectivity index (χ4n) is 10.1. The molecule has 3 N–H and O–H groups in total. The second-order valence-electron chi connectivity index (χ2n) is 17.7. The fraction of sp³-hybridized carbons (Fsp3) is 0.109. The van der Waals surface area contributed by atoms with Crippen LogP contribution in [0.15, 0.2) is 225 Å². The Hall–Kier alpha value is -8.21. The van der Waals surface area contributed by atoms with Crippen molar-refractivity contribution in [2.24, 2.45) is 5.73 Å². The molecule has 334 valence electrons. The van der Waals surface area contributed by atoms with Crippen LogP contribution in [0.1, 0.15) is 67.3 Å². The van der Waals surface area contributed by atoms with Crippen LogP contribution in [0, 0.1) is 5.41 Å². The number of hydrogen-bond donors (Lipinski definition) is 2. The number of nitrogens with zero attached hydrogens (tertiary/aromatic N) is 2. The maximum atomic E-state index is 6.87. The van der Waals surface area contributed by atoms with E-state index in [-0.39, 0.29) is 11.8 Å². The Bertz CT molecular complexity index is 3530. The highest BCUT2D eigenvalue weighted by molar-refractivity contribution is 6.15. The summed E-state index contributed by atoms with van der Waals surface area (Å²) in [6, 6.07) is 55.5. The molecule has 0 radical (unpaired) electrons. The van der Waals surface area contributed by atoms with Crippen LogP contribution in [0.25, 0.3) is 77.4 Å². The zero-order chi connectivity index (χ0) is 47.5. The van der Waals surface area contributed by atoms with Gasteiger partial charge in [-0.15, -0.1) is 0 Å². The van der Waals surface area contributed by atoms with Crippen LogP contribution in [0.2, 0.25) is 0 Å². The first-order chi connectivity index (χ1) is 33.2. The molecule has 2 unspecified atom stereocenters. The monoisotopic (exact) mass is 882 g/mol. The predicted octanol–water partition coefficient (Wildman–Crippen LogP) is 16.8. The van der Waals surface area contributed by atoms with Gasteiger partial charge in [0.25, 0.3) is 0 Å². The number of fused-ring (bicyclic) bond motifs is 10. The maximum absolute atomic E-state index is 6.87. The van der Waals surface area contributed by atoms with Crippen LogP contribution in [-0.2, 0) is 6.42 Å². The van der Waals surface area contributed by atoms with E-state index < -0.39 is 0 Å². The van der Waals surface area contributed by atoms with Crippen molar-refractivity contribution in [1.82, 2.24) is 9.13 Å². The van der Waals surface area contributed by atoms with Gasteiger partial charge < -0.3 is 20.3 Å². The van der Waals surface area contributed by atoms with Crippen molar-refractivity contribution in [3.63, 3.8) is 0 Å².